The Hall–Kier alpha value is -1.68. The Kier molecular flexibility index (Phi) is 6.51. The number of halogens is 3. The first-order chi connectivity index (χ1) is 10.6. The third-order valence-electron chi connectivity index (χ3n) is 3.35. The average Bonchev–Trinajstić information content (AvgIpc) is 2.98. The van der Waals surface area contributed by atoms with Crippen LogP contribution in [0.15, 0.2) is 0 Å². The molecule has 1 fully saturated rings. The van der Waals surface area contributed by atoms with Crippen molar-refractivity contribution in [2.75, 3.05) is 6.54 Å². The molecule has 0 spiro atoms. The van der Waals surface area contributed by atoms with Crippen LogP contribution in [0.25, 0.3) is 0 Å². The van der Waals surface area contributed by atoms with E-state index < -0.39 is 42.2 Å². The van der Waals surface area contributed by atoms with Gasteiger partial charge in [-0.15, -0.1) is 0 Å². The van der Waals surface area contributed by atoms with Gasteiger partial charge in [-0.05, 0) is 25.8 Å². The van der Waals surface area contributed by atoms with Crippen LogP contribution in [0.1, 0.15) is 39.0 Å². The van der Waals surface area contributed by atoms with E-state index in [4.69, 9.17) is 0 Å². The molecular formula is C13H19F3N2O5. The number of alkyl halides is 3. The maximum absolute atomic E-state index is 12.3. The topological polar surface area (TPSA) is 105 Å². The first kappa shape index (κ1) is 19.4. The van der Waals surface area contributed by atoms with Gasteiger partial charge < -0.3 is 20.5 Å². The molecule has 23 heavy (non-hydrogen) atoms. The molecule has 1 unspecified atom stereocenters. The van der Waals surface area contributed by atoms with Crippen LogP contribution in [-0.2, 0) is 19.1 Å². The second kappa shape index (κ2) is 7.73. The average molecular weight is 340 g/mol. The van der Waals surface area contributed by atoms with Crippen molar-refractivity contribution < 1.29 is 37.4 Å². The molecule has 3 N–H and O–H groups in total. The van der Waals surface area contributed by atoms with E-state index in [-0.39, 0.29) is 6.42 Å². The Morgan fingerprint density at radius 1 is 1.35 bits per heavy atom. The van der Waals surface area contributed by atoms with Crippen molar-refractivity contribution in [1.82, 2.24) is 10.6 Å². The van der Waals surface area contributed by atoms with Gasteiger partial charge in [0.15, 0.2) is 0 Å². The number of carbonyl (C=O) groups excluding carboxylic acids is 3. The second-order valence-corrected chi connectivity index (χ2v) is 5.27. The highest BCUT2D eigenvalue weighted by Gasteiger charge is 2.48. The van der Waals surface area contributed by atoms with Crippen molar-refractivity contribution in [1.29, 1.82) is 0 Å². The van der Waals surface area contributed by atoms with E-state index in [0.717, 1.165) is 0 Å². The molecular weight excluding hydrogens is 321 g/mol. The maximum atomic E-state index is 12.3. The number of esters is 2. The molecule has 7 nitrogen and oxygen atoms in total. The molecule has 0 aromatic heterocycles. The van der Waals surface area contributed by atoms with Crippen molar-refractivity contribution in [2.24, 2.45) is 0 Å². The maximum Gasteiger partial charge on any atom is 0.471 e. The summed E-state index contributed by atoms with van der Waals surface area (Å²) in [5.41, 5.74) is -2.91. The zero-order chi connectivity index (χ0) is 17.7. The Bertz CT molecular complexity index is 463. The first-order valence-electron chi connectivity index (χ1n) is 7.21. The number of hydrogen-bond donors (Lipinski definition) is 3. The lowest BCUT2D eigenvalue weighted by molar-refractivity contribution is -0.192. The minimum absolute atomic E-state index is 0.138. The Morgan fingerprint density at radius 2 is 2.00 bits per heavy atom. The molecule has 1 rings (SSSR count). The van der Waals surface area contributed by atoms with E-state index in [2.05, 4.69) is 10.1 Å². The summed E-state index contributed by atoms with van der Waals surface area (Å²) >= 11 is 0. The fourth-order valence-electron chi connectivity index (χ4n) is 2.04. The SMILES string of the molecule is CCCCC(O)(NC(=O)C(F)(F)F)C(=O)OC(=O)[C@@H]1CCCN1. The quantitative estimate of drug-likeness (QED) is 0.366. The van der Waals surface area contributed by atoms with Gasteiger partial charge in [-0.25, -0.2) is 9.59 Å². The Labute approximate surface area is 130 Å². The predicted molar refractivity (Wildman–Crippen MR) is 70.8 cm³/mol. The lowest BCUT2D eigenvalue weighted by atomic mass is 10.1. The van der Waals surface area contributed by atoms with Crippen molar-refractivity contribution in [3.05, 3.63) is 0 Å². The highest BCUT2D eigenvalue weighted by Crippen LogP contribution is 2.20. The molecule has 1 aliphatic rings. The van der Waals surface area contributed by atoms with E-state index in [1.165, 1.54) is 5.32 Å². The second-order valence-electron chi connectivity index (χ2n) is 5.27. The molecule has 132 valence electrons. The summed E-state index contributed by atoms with van der Waals surface area (Å²) in [5, 5.41) is 14.0. The van der Waals surface area contributed by atoms with Gasteiger partial charge in [0.25, 0.3) is 0 Å². The van der Waals surface area contributed by atoms with Crippen LogP contribution in [0.2, 0.25) is 0 Å². The summed E-state index contributed by atoms with van der Waals surface area (Å²) < 4.78 is 41.4. The summed E-state index contributed by atoms with van der Waals surface area (Å²) in [6.45, 7) is 2.21. The van der Waals surface area contributed by atoms with Gasteiger partial charge in [0.1, 0.15) is 6.04 Å². The fourth-order valence-corrected chi connectivity index (χ4v) is 2.04. The van der Waals surface area contributed by atoms with E-state index in [1.54, 1.807) is 6.92 Å². The summed E-state index contributed by atoms with van der Waals surface area (Å²) in [6, 6.07) is -0.757. The summed E-state index contributed by atoms with van der Waals surface area (Å²) in [4.78, 5) is 34.6. The molecule has 1 aliphatic heterocycles. The third-order valence-corrected chi connectivity index (χ3v) is 3.35. The number of amides is 1. The fraction of sp³-hybridized carbons (Fsp3) is 0.769. The molecule has 0 aromatic rings. The molecule has 0 radical (unpaired) electrons. The van der Waals surface area contributed by atoms with E-state index in [1.807, 2.05) is 0 Å². The predicted octanol–water partition coefficient (Wildman–Crippen LogP) is 0.365. The number of carbonyl (C=O) groups is 3. The lowest BCUT2D eigenvalue weighted by Crippen LogP contribution is -2.59. The van der Waals surface area contributed by atoms with Crippen LogP contribution >= 0.6 is 0 Å². The largest absolute Gasteiger partial charge is 0.471 e. The lowest BCUT2D eigenvalue weighted by Gasteiger charge is -2.27. The highest BCUT2D eigenvalue weighted by atomic mass is 19.4. The molecule has 1 amide bonds. The van der Waals surface area contributed by atoms with Gasteiger partial charge >= 0.3 is 24.0 Å². The minimum Gasteiger partial charge on any atom is -0.388 e. The molecule has 1 saturated heterocycles. The van der Waals surface area contributed by atoms with E-state index in [9.17, 15) is 32.7 Å². The van der Waals surface area contributed by atoms with Crippen LogP contribution < -0.4 is 10.6 Å². The van der Waals surface area contributed by atoms with Crippen LogP contribution in [0.5, 0.6) is 0 Å². The molecule has 0 aliphatic carbocycles. The molecule has 0 aromatic carbocycles. The Balaban J connectivity index is 2.79. The van der Waals surface area contributed by atoms with Gasteiger partial charge in [0.2, 0.25) is 5.72 Å². The number of rotatable bonds is 6. The summed E-state index contributed by atoms with van der Waals surface area (Å²) in [6.07, 6.45) is -4.12. The van der Waals surface area contributed by atoms with Crippen LogP contribution in [0.3, 0.4) is 0 Å². The van der Waals surface area contributed by atoms with Gasteiger partial charge in [-0.2, -0.15) is 13.2 Å². The summed E-state index contributed by atoms with van der Waals surface area (Å²) in [7, 11) is 0. The van der Waals surface area contributed by atoms with Crippen molar-refractivity contribution in [3.8, 4) is 0 Å². The number of nitrogens with one attached hydrogen (secondary N) is 2. The number of aliphatic hydroxyl groups is 1. The molecule has 0 bridgehead atoms. The van der Waals surface area contributed by atoms with Crippen LogP contribution in [0, 0.1) is 0 Å². The normalized spacial score (nSPS) is 20.7. The van der Waals surface area contributed by atoms with Crippen molar-refractivity contribution in [2.45, 2.75) is 57.0 Å². The zero-order valence-electron chi connectivity index (χ0n) is 12.5. The summed E-state index contributed by atoms with van der Waals surface area (Å²) in [5.74, 6) is -5.11. The van der Waals surface area contributed by atoms with Gasteiger partial charge in [-0.3, -0.25) is 4.79 Å². The van der Waals surface area contributed by atoms with Gasteiger partial charge in [0, 0.05) is 6.42 Å². The van der Waals surface area contributed by atoms with Gasteiger partial charge in [-0.1, -0.05) is 13.3 Å². The zero-order valence-corrected chi connectivity index (χ0v) is 12.5. The molecule has 2 atom stereocenters. The molecule has 1 heterocycles. The smallest absolute Gasteiger partial charge is 0.388 e. The van der Waals surface area contributed by atoms with Crippen molar-refractivity contribution in [3.63, 3.8) is 0 Å². The van der Waals surface area contributed by atoms with E-state index in [0.29, 0.717) is 25.8 Å². The molecule has 0 saturated carbocycles. The minimum atomic E-state index is -5.28. The number of ether oxygens (including phenoxy) is 1. The van der Waals surface area contributed by atoms with E-state index >= 15 is 0 Å². The number of hydrogen-bond acceptors (Lipinski definition) is 6. The first-order valence-corrected chi connectivity index (χ1v) is 7.21. The Morgan fingerprint density at radius 3 is 2.48 bits per heavy atom. The van der Waals surface area contributed by atoms with Gasteiger partial charge in [0.05, 0.1) is 0 Å². The third kappa shape index (κ3) is 5.47. The number of unbranched alkanes of at least 4 members (excludes halogenated alkanes) is 1. The van der Waals surface area contributed by atoms with Crippen molar-refractivity contribution >= 4 is 17.8 Å². The van der Waals surface area contributed by atoms with Crippen LogP contribution in [0.4, 0.5) is 13.2 Å². The van der Waals surface area contributed by atoms with Crippen LogP contribution in [-0.4, -0.2) is 47.4 Å². The molecule has 10 heteroatoms. The highest BCUT2D eigenvalue weighted by molar-refractivity contribution is 5.95. The standard InChI is InChI=1S/C13H19F3N2O5/c1-2-3-6-12(22,18-10(20)13(14,15)16)11(21)23-9(19)8-5-4-7-17-8/h8,17,22H,2-7H2,1H3,(H,18,20)/t8-,12?/m0/s1. The monoisotopic (exact) mass is 340 g/mol.